The molecule has 0 unspecified atom stereocenters. The molecule has 0 heterocycles. The number of benzene rings is 6. The third-order valence-electron chi connectivity index (χ3n) is 8.99. The minimum absolute atomic E-state index is 0.0594. The molecule has 22 heteroatoms. The molecule has 0 aliphatic heterocycles. The summed E-state index contributed by atoms with van der Waals surface area (Å²) in [6.45, 7) is 0. The van der Waals surface area contributed by atoms with Gasteiger partial charge in [0.2, 0.25) is 0 Å². The van der Waals surface area contributed by atoms with Crippen molar-refractivity contribution in [2.45, 2.75) is 24.7 Å². The van der Waals surface area contributed by atoms with Gasteiger partial charge < -0.3 is 9.80 Å². The number of anilines is 6. The molecule has 0 saturated carbocycles. The van der Waals surface area contributed by atoms with Crippen LogP contribution < -0.4 is 9.80 Å². The first-order valence-corrected chi connectivity index (χ1v) is 16.7. The first kappa shape index (κ1) is 45.1. The second-order valence-corrected chi connectivity index (χ2v) is 12.8. The van der Waals surface area contributed by atoms with Gasteiger partial charge in [-0.15, -0.1) is 0 Å². The predicted octanol–water partition coefficient (Wildman–Crippen LogP) is 15.5. The van der Waals surface area contributed by atoms with Crippen molar-refractivity contribution in [3.05, 3.63) is 166 Å². The Morgan fingerprint density at radius 2 is 0.403 bits per heavy atom. The number of alkyl halides is 12. The molecule has 0 aromatic heterocycles. The molecule has 0 radical (unpaired) electrons. The smallest absolute Gasteiger partial charge is 0.305 e. The van der Waals surface area contributed by atoms with E-state index < -0.39 is 139 Å². The molecular formula is C40H16F20N2. The van der Waals surface area contributed by atoms with E-state index in [0.29, 0.717) is 97.1 Å². The van der Waals surface area contributed by atoms with Crippen LogP contribution in [0.25, 0.3) is 11.1 Å². The summed E-state index contributed by atoms with van der Waals surface area (Å²) in [6, 6.07) is 6.04. The van der Waals surface area contributed by atoms with E-state index in [0.717, 1.165) is 0 Å². The van der Waals surface area contributed by atoms with Crippen molar-refractivity contribution in [3.63, 3.8) is 0 Å². The Morgan fingerprint density at radius 3 is 0.548 bits per heavy atom. The Balaban J connectivity index is 1.57. The fraction of sp³-hybridized carbons (Fsp3) is 0.100. The minimum Gasteiger partial charge on any atom is -0.305 e. The molecule has 6 aromatic carbocycles. The van der Waals surface area contributed by atoms with Crippen LogP contribution in [0, 0.1) is 46.5 Å². The highest BCUT2D eigenvalue weighted by Gasteiger charge is 2.40. The molecule has 0 atom stereocenters. The lowest BCUT2D eigenvalue weighted by Crippen LogP contribution is -2.19. The summed E-state index contributed by atoms with van der Waals surface area (Å²) < 4.78 is 288. The topological polar surface area (TPSA) is 6.48 Å². The summed E-state index contributed by atoms with van der Waals surface area (Å²) in [5.74, 6) is -22.1. The summed E-state index contributed by atoms with van der Waals surface area (Å²) in [4.78, 5) is 0.119. The normalized spacial score (nSPS) is 12.5. The summed E-state index contributed by atoms with van der Waals surface area (Å²) in [5.41, 5.74) is -17.8. The molecule has 0 spiro atoms. The van der Waals surface area contributed by atoms with Crippen molar-refractivity contribution in [2.75, 3.05) is 9.80 Å². The van der Waals surface area contributed by atoms with Crippen LogP contribution in [-0.4, -0.2) is 0 Å². The van der Waals surface area contributed by atoms with E-state index in [1.165, 1.54) is 0 Å². The summed E-state index contributed by atoms with van der Waals surface area (Å²) >= 11 is 0. The molecule has 62 heavy (non-hydrogen) atoms. The van der Waals surface area contributed by atoms with Gasteiger partial charge in [-0.2, -0.15) is 52.7 Å². The van der Waals surface area contributed by atoms with E-state index in [9.17, 15) is 52.7 Å². The zero-order valence-corrected chi connectivity index (χ0v) is 29.7. The Bertz CT molecular complexity index is 2270. The van der Waals surface area contributed by atoms with Gasteiger partial charge in [0.25, 0.3) is 0 Å². The number of hydrogen-bond donors (Lipinski definition) is 0. The van der Waals surface area contributed by atoms with Crippen molar-refractivity contribution >= 4 is 34.1 Å². The lowest BCUT2D eigenvalue weighted by atomic mass is 9.98. The van der Waals surface area contributed by atoms with Gasteiger partial charge in [0.1, 0.15) is 11.4 Å². The van der Waals surface area contributed by atoms with Crippen LogP contribution in [0.2, 0.25) is 0 Å². The standard InChI is InChI=1S/C40H16F20N2/c41-27-25(28(42)32(46)35(31(27)45)61(21-9-1-17(2-10-21)37(49,50)51)22-11-3-18(4-12-22)38(52,53)54)26-29(43)33(47)36(34(48)30(26)44)62(23-13-5-19(6-14-23)39(55,56)57)24-15-7-20(8-16-24)40(58,59)60/h1-16H. The summed E-state index contributed by atoms with van der Waals surface area (Å²) in [6.07, 6.45) is -20.1. The van der Waals surface area contributed by atoms with Gasteiger partial charge in [0, 0.05) is 22.7 Å². The number of hydrogen-bond acceptors (Lipinski definition) is 2. The van der Waals surface area contributed by atoms with Gasteiger partial charge in [-0.05, 0) is 97.1 Å². The van der Waals surface area contributed by atoms with Crippen molar-refractivity contribution in [3.8, 4) is 11.1 Å². The van der Waals surface area contributed by atoms with Gasteiger partial charge in [-0.1, -0.05) is 0 Å². The Labute approximate surface area is 333 Å². The highest BCUT2D eigenvalue weighted by atomic mass is 19.4. The van der Waals surface area contributed by atoms with Crippen LogP contribution in [0.5, 0.6) is 0 Å². The zero-order chi connectivity index (χ0) is 46.0. The number of halogens is 20. The van der Waals surface area contributed by atoms with Crippen LogP contribution in [0.3, 0.4) is 0 Å². The molecule has 0 fully saturated rings. The number of nitrogens with zero attached hydrogens (tertiary/aromatic N) is 2. The van der Waals surface area contributed by atoms with E-state index >= 15 is 35.1 Å². The van der Waals surface area contributed by atoms with Crippen LogP contribution in [0.4, 0.5) is 122 Å². The van der Waals surface area contributed by atoms with E-state index in [-0.39, 0.29) is 9.80 Å². The first-order chi connectivity index (χ1) is 28.6. The van der Waals surface area contributed by atoms with Crippen molar-refractivity contribution < 1.29 is 87.8 Å². The van der Waals surface area contributed by atoms with Crippen molar-refractivity contribution in [1.82, 2.24) is 0 Å². The third kappa shape index (κ3) is 8.28. The quantitative estimate of drug-likeness (QED) is 0.116. The second kappa shape index (κ2) is 15.8. The Morgan fingerprint density at radius 1 is 0.242 bits per heavy atom. The van der Waals surface area contributed by atoms with Crippen molar-refractivity contribution in [1.29, 1.82) is 0 Å². The molecule has 6 rings (SSSR count). The molecule has 0 bridgehead atoms. The predicted molar refractivity (Wildman–Crippen MR) is 181 cm³/mol. The largest absolute Gasteiger partial charge is 0.416 e. The highest BCUT2D eigenvalue weighted by Crippen LogP contribution is 2.48. The maximum atomic E-state index is 16.1. The maximum absolute atomic E-state index is 16.1. The summed E-state index contributed by atoms with van der Waals surface area (Å²) in [5, 5.41) is 0. The molecule has 0 N–H and O–H groups in total. The van der Waals surface area contributed by atoms with Crippen molar-refractivity contribution in [2.24, 2.45) is 0 Å². The highest BCUT2D eigenvalue weighted by molar-refractivity contribution is 5.83. The second-order valence-electron chi connectivity index (χ2n) is 12.8. The maximum Gasteiger partial charge on any atom is 0.416 e. The van der Waals surface area contributed by atoms with Gasteiger partial charge in [-0.3, -0.25) is 0 Å². The molecular weight excluding hydrogens is 888 g/mol. The lowest BCUT2D eigenvalue weighted by Gasteiger charge is -2.28. The molecule has 0 aliphatic rings. The summed E-state index contributed by atoms with van der Waals surface area (Å²) in [7, 11) is 0. The number of rotatable bonds is 7. The zero-order valence-electron chi connectivity index (χ0n) is 29.7. The van der Waals surface area contributed by atoms with Crippen LogP contribution >= 0.6 is 0 Å². The molecule has 0 aliphatic carbocycles. The Hall–Kier alpha value is -6.48. The fourth-order valence-electron chi connectivity index (χ4n) is 6.08. The van der Waals surface area contributed by atoms with E-state index in [1.807, 2.05) is 0 Å². The Kier molecular flexibility index (Phi) is 11.5. The molecule has 326 valence electrons. The SMILES string of the molecule is Fc1c(F)c(N(c2ccc(C(F)(F)F)cc2)c2ccc(C(F)(F)F)cc2)c(F)c(F)c1-c1c(F)c(F)c(N(c2ccc(C(F)(F)F)cc2)c2ccc(C(F)(F)F)cc2)c(F)c1F. The fourth-order valence-corrected chi connectivity index (χ4v) is 6.08. The van der Waals surface area contributed by atoms with Crippen LogP contribution in [-0.2, 0) is 24.7 Å². The van der Waals surface area contributed by atoms with E-state index in [4.69, 9.17) is 0 Å². The van der Waals surface area contributed by atoms with Crippen LogP contribution in [0.1, 0.15) is 22.3 Å². The lowest BCUT2D eigenvalue weighted by molar-refractivity contribution is -0.138. The van der Waals surface area contributed by atoms with E-state index in [1.54, 1.807) is 0 Å². The van der Waals surface area contributed by atoms with Gasteiger partial charge >= 0.3 is 24.7 Å². The van der Waals surface area contributed by atoms with Crippen LogP contribution in [0.15, 0.2) is 97.1 Å². The average molecular weight is 905 g/mol. The first-order valence-electron chi connectivity index (χ1n) is 16.7. The van der Waals surface area contributed by atoms with Gasteiger partial charge in [0.15, 0.2) is 46.5 Å². The minimum atomic E-state index is -5.03. The van der Waals surface area contributed by atoms with E-state index in [2.05, 4.69) is 0 Å². The van der Waals surface area contributed by atoms with Gasteiger partial charge in [0.05, 0.1) is 33.4 Å². The average Bonchev–Trinajstić information content (AvgIpc) is 3.20. The third-order valence-corrected chi connectivity index (χ3v) is 8.99. The molecule has 2 nitrogen and oxygen atoms in total. The molecule has 0 saturated heterocycles. The molecule has 6 aromatic rings. The monoisotopic (exact) mass is 904 g/mol. The molecule has 0 amide bonds. The van der Waals surface area contributed by atoms with Gasteiger partial charge in [-0.25, -0.2) is 35.1 Å².